The number of carbonyl (C=O) groups excluding carboxylic acids is 2. The molecule has 0 aliphatic rings. The number of nitrogens with zero attached hydrogens (tertiary/aromatic N) is 1. The van der Waals surface area contributed by atoms with Crippen LogP contribution in [0.1, 0.15) is 40.0 Å². The second-order valence-corrected chi connectivity index (χ2v) is 5.68. The minimum absolute atomic E-state index is 0.0265. The van der Waals surface area contributed by atoms with Crippen molar-refractivity contribution in [2.45, 2.75) is 40.0 Å². The molecule has 17 heavy (non-hydrogen) atoms. The summed E-state index contributed by atoms with van der Waals surface area (Å²) in [5.74, 6) is 0.113. The molecule has 0 spiro atoms. The third-order valence-corrected chi connectivity index (χ3v) is 2.52. The molecule has 0 aliphatic carbocycles. The molecule has 4 nitrogen and oxygen atoms in total. The minimum atomic E-state index is -0.342. The van der Waals surface area contributed by atoms with Crippen molar-refractivity contribution in [3.05, 3.63) is 0 Å². The molecule has 100 valence electrons. The molecule has 0 radical (unpaired) electrons. The summed E-state index contributed by atoms with van der Waals surface area (Å²) >= 11 is 0. The highest BCUT2D eigenvalue weighted by Gasteiger charge is 2.21. The second kappa shape index (κ2) is 7.43. The number of ketones is 1. The molecule has 0 fully saturated rings. The molecule has 0 aromatic carbocycles. The lowest BCUT2D eigenvalue weighted by Gasteiger charge is -2.16. The molecule has 0 aliphatic heterocycles. The van der Waals surface area contributed by atoms with Crippen LogP contribution in [0.15, 0.2) is 0 Å². The van der Waals surface area contributed by atoms with Crippen molar-refractivity contribution in [3.8, 4) is 0 Å². The lowest BCUT2D eigenvalue weighted by Crippen LogP contribution is -2.28. The highest BCUT2D eigenvalue weighted by Crippen LogP contribution is 2.17. The lowest BCUT2D eigenvalue weighted by atomic mass is 9.88. The molecule has 0 saturated heterocycles. The van der Waals surface area contributed by atoms with Crippen LogP contribution < -0.4 is 5.32 Å². The summed E-state index contributed by atoms with van der Waals surface area (Å²) in [5.41, 5.74) is -0.342. The molecular weight excluding hydrogens is 216 g/mol. The smallest absolute Gasteiger partial charge is 0.220 e. The summed E-state index contributed by atoms with van der Waals surface area (Å²) in [4.78, 5) is 25.1. The highest BCUT2D eigenvalue weighted by molar-refractivity contribution is 5.88. The lowest BCUT2D eigenvalue weighted by molar-refractivity contribution is -0.129. The van der Waals surface area contributed by atoms with Crippen molar-refractivity contribution in [2.24, 2.45) is 5.41 Å². The van der Waals surface area contributed by atoms with Gasteiger partial charge < -0.3 is 10.2 Å². The van der Waals surface area contributed by atoms with Crippen molar-refractivity contribution in [1.82, 2.24) is 10.2 Å². The Bertz CT molecular complexity index is 255. The van der Waals surface area contributed by atoms with Crippen molar-refractivity contribution < 1.29 is 9.59 Å². The SMILES string of the molecule is CN(C)CCCNC(=O)CCC(=O)C(C)(C)C. The van der Waals surface area contributed by atoms with Gasteiger partial charge >= 0.3 is 0 Å². The minimum Gasteiger partial charge on any atom is -0.356 e. The number of carbonyl (C=O) groups is 2. The maximum Gasteiger partial charge on any atom is 0.220 e. The van der Waals surface area contributed by atoms with Gasteiger partial charge in [0, 0.05) is 24.8 Å². The van der Waals surface area contributed by atoms with Gasteiger partial charge in [-0.3, -0.25) is 9.59 Å². The van der Waals surface area contributed by atoms with E-state index in [4.69, 9.17) is 0 Å². The summed E-state index contributed by atoms with van der Waals surface area (Å²) in [5, 5.41) is 2.83. The first kappa shape index (κ1) is 16.1. The van der Waals surface area contributed by atoms with Crippen LogP contribution >= 0.6 is 0 Å². The third kappa shape index (κ3) is 8.86. The molecule has 0 heterocycles. The summed E-state index contributed by atoms with van der Waals surface area (Å²) < 4.78 is 0. The molecule has 1 amide bonds. The van der Waals surface area contributed by atoms with Gasteiger partial charge in [-0.1, -0.05) is 20.8 Å². The van der Waals surface area contributed by atoms with E-state index in [0.29, 0.717) is 19.4 Å². The molecule has 1 N–H and O–H groups in total. The van der Waals surface area contributed by atoms with Crippen LogP contribution in [0.4, 0.5) is 0 Å². The predicted octanol–water partition coefficient (Wildman–Crippen LogP) is 1.45. The monoisotopic (exact) mass is 242 g/mol. The van der Waals surface area contributed by atoms with Gasteiger partial charge in [0.15, 0.2) is 0 Å². The van der Waals surface area contributed by atoms with E-state index in [2.05, 4.69) is 10.2 Å². The van der Waals surface area contributed by atoms with Crippen LogP contribution in [0.5, 0.6) is 0 Å². The van der Waals surface area contributed by atoms with Crippen LogP contribution in [0, 0.1) is 5.41 Å². The second-order valence-electron chi connectivity index (χ2n) is 5.68. The number of nitrogens with one attached hydrogen (secondary N) is 1. The molecule has 0 aromatic heterocycles. The van der Waals surface area contributed by atoms with Crippen LogP contribution in [0.25, 0.3) is 0 Å². The number of hydrogen-bond donors (Lipinski definition) is 1. The van der Waals surface area contributed by atoms with Crippen molar-refractivity contribution in [1.29, 1.82) is 0 Å². The van der Waals surface area contributed by atoms with Crippen molar-refractivity contribution in [2.75, 3.05) is 27.2 Å². The number of amides is 1. The van der Waals surface area contributed by atoms with Gasteiger partial charge in [0.1, 0.15) is 5.78 Å². The largest absolute Gasteiger partial charge is 0.356 e. The van der Waals surface area contributed by atoms with Gasteiger partial charge in [-0.05, 0) is 27.1 Å². The van der Waals surface area contributed by atoms with Crippen LogP contribution in [-0.2, 0) is 9.59 Å². The number of Topliss-reactive ketones (excluding diaryl/α,β-unsaturated/α-hetero) is 1. The summed E-state index contributed by atoms with van der Waals surface area (Å²) in [6, 6.07) is 0. The van der Waals surface area contributed by atoms with Crippen LogP contribution in [-0.4, -0.2) is 43.8 Å². The number of hydrogen-bond acceptors (Lipinski definition) is 3. The van der Waals surface area contributed by atoms with Crippen molar-refractivity contribution >= 4 is 11.7 Å². The Morgan fingerprint density at radius 3 is 2.18 bits per heavy atom. The van der Waals surface area contributed by atoms with Gasteiger partial charge in [0.25, 0.3) is 0 Å². The fraction of sp³-hybridized carbons (Fsp3) is 0.846. The fourth-order valence-electron chi connectivity index (χ4n) is 1.31. The van der Waals surface area contributed by atoms with Gasteiger partial charge in [-0.25, -0.2) is 0 Å². The fourth-order valence-corrected chi connectivity index (χ4v) is 1.31. The maximum absolute atomic E-state index is 11.6. The topological polar surface area (TPSA) is 49.4 Å². The molecule has 0 atom stereocenters. The Labute approximate surface area is 105 Å². The zero-order valence-electron chi connectivity index (χ0n) is 11.8. The average Bonchev–Trinajstić information content (AvgIpc) is 2.19. The van der Waals surface area contributed by atoms with E-state index in [1.54, 1.807) is 0 Å². The Morgan fingerprint density at radius 2 is 1.71 bits per heavy atom. The Hall–Kier alpha value is -0.900. The Morgan fingerprint density at radius 1 is 1.12 bits per heavy atom. The molecule has 0 saturated carbocycles. The van der Waals surface area contributed by atoms with E-state index < -0.39 is 0 Å². The summed E-state index contributed by atoms with van der Waals surface area (Å²) in [6.45, 7) is 7.28. The van der Waals surface area contributed by atoms with Gasteiger partial charge in [-0.15, -0.1) is 0 Å². The zero-order chi connectivity index (χ0) is 13.5. The quantitative estimate of drug-likeness (QED) is 0.687. The Kier molecular flexibility index (Phi) is 7.04. The molecule has 0 unspecified atom stereocenters. The third-order valence-electron chi connectivity index (χ3n) is 2.52. The van der Waals surface area contributed by atoms with Crippen LogP contribution in [0.3, 0.4) is 0 Å². The van der Waals surface area contributed by atoms with E-state index in [1.165, 1.54) is 0 Å². The molecule has 4 heteroatoms. The molecule has 0 bridgehead atoms. The van der Waals surface area contributed by atoms with E-state index in [0.717, 1.165) is 13.0 Å². The van der Waals surface area contributed by atoms with E-state index >= 15 is 0 Å². The molecular formula is C13H26N2O2. The number of rotatable bonds is 7. The average molecular weight is 242 g/mol. The first-order valence-corrected chi connectivity index (χ1v) is 6.18. The van der Waals surface area contributed by atoms with E-state index in [-0.39, 0.29) is 17.1 Å². The molecule has 0 rings (SSSR count). The predicted molar refractivity (Wildman–Crippen MR) is 69.9 cm³/mol. The first-order valence-electron chi connectivity index (χ1n) is 6.18. The zero-order valence-corrected chi connectivity index (χ0v) is 11.8. The highest BCUT2D eigenvalue weighted by atomic mass is 16.2. The summed E-state index contributed by atoms with van der Waals surface area (Å²) in [6.07, 6.45) is 1.58. The van der Waals surface area contributed by atoms with Gasteiger partial charge in [0.05, 0.1) is 0 Å². The van der Waals surface area contributed by atoms with Gasteiger partial charge in [0.2, 0.25) is 5.91 Å². The van der Waals surface area contributed by atoms with Crippen molar-refractivity contribution in [3.63, 3.8) is 0 Å². The van der Waals surface area contributed by atoms with Crippen LogP contribution in [0.2, 0.25) is 0 Å². The van der Waals surface area contributed by atoms with E-state index in [1.807, 2.05) is 34.9 Å². The maximum atomic E-state index is 11.6. The molecule has 0 aromatic rings. The normalized spacial score (nSPS) is 11.6. The van der Waals surface area contributed by atoms with E-state index in [9.17, 15) is 9.59 Å². The Balaban J connectivity index is 3.64. The van der Waals surface area contributed by atoms with Gasteiger partial charge in [-0.2, -0.15) is 0 Å². The standard InChI is InChI=1S/C13H26N2O2/c1-13(2,3)11(16)7-8-12(17)14-9-6-10-15(4)5/h6-10H2,1-5H3,(H,14,17). The first-order chi connectivity index (χ1) is 7.73. The summed E-state index contributed by atoms with van der Waals surface area (Å²) in [7, 11) is 4.01.